The molecule has 14 heavy (non-hydrogen) atoms. The van der Waals surface area contributed by atoms with Gasteiger partial charge in [-0.3, -0.25) is 0 Å². The van der Waals surface area contributed by atoms with Crippen molar-refractivity contribution in [1.29, 1.82) is 0 Å². The van der Waals surface area contributed by atoms with Crippen LogP contribution in [-0.2, 0) is 4.74 Å². The van der Waals surface area contributed by atoms with Gasteiger partial charge in [0.1, 0.15) is 0 Å². The van der Waals surface area contributed by atoms with Gasteiger partial charge in [-0.1, -0.05) is 20.3 Å². The zero-order valence-corrected chi connectivity index (χ0v) is 9.25. The van der Waals surface area contributed by atoms with Crippen LogP contribution in [0, 0.1) is 11.3 Å². The second-order valence-corrected chi connectivity index (χ2v) is 5.17. The van der Waals surface area contributed by atoms with E-state index in [2.05, 4.69) is 19.2 Å². The summed E-state index contributed by atoms with van der Waals surface area (Å²) in [6.07, 6.45) is 2.65. The van der Waals surface area contributed by atoms with E-state index in [4.69, 9.17) is 10.5 Å². The summed E-state index contributed by atoms with van der Waals surface area (Å²) >= 11 is 0. The number of rotatable bonds is 4. The van der Waals surface area contributed by atoms with Crippen molar-refractivity contribution in [2.45, 2.75) is 38.8 Å². The van der Waals surface area contributed by atoms with Crippen LogP contribution in [0.15, 0.2) is 0 Å². The van der Waals surface area contributed by atoms with Gasteiger partial charge in [0.25, 0.3) is 0 Å². The van der Waals surface area contributed by atoms with E-state index in [1.807, 2.05) is 0 Å². The van der Waals surface area contributed by atoms with Gasteiger partial charge in [0.15, 0.2) is 0 Å². The Morgan fingerprint density at radius 2 is 2.36 bits per heavy atom. The van der Waals surface area contributed by atoms with Crippen LogP contribution in [0.1, 0.15) is 26.7 Å². The molecule has 1 aliphatic carbocycles. The highest BCUT2D eigenvalue weighted by molar-refractivity contribution is 4.97. The fourth-order valence-electron chi connectivity index (χ4n) is 2.22. The largest absolute Gasteiger partial charge is 0.379 e. The molecule has 2 aliphatic rings. The molecule has 0 spiro atoms. The maximum Gasteiger partial charge on any atom is 0.0624 e. The Labute approximate surface area is 86.4 Å². The molecule has 2 rings (SSSR count). The Morgan fingerprint density at radius 1 is 1.57 bits per heavy atom. The van der Waals surface area contributed by atoms with Gasteiger partial charge in [0, 0.05) is 24.0 Å². The van der Waals surface area contributed by atoms with Crippen LogP contribution in [0.2, 0.25) is 0 Å². The standard InChI is InChI=1S/C11H22N2O/c1-3-8-4-9(8)13-6-11(2)7-14-5-10(11)12/h8-10,13H,3-7,12H2,1-2H3. The van der Waals surface area contributed by atoms with E-state index in [1.54, 1.807) is 0 Å². The molecule has 1 saturated heterocycles. The Balaban J connectivity index is 1.75. The van der Waals surface area contributed by atoms with E-state index in [-0.39, 0.29) is 11.5 Å². The predicted molar refractivity (Wildman–Crippen MR) is 57.1 cm³/mol. The average Bonchev–Trinajstić information content (AvgIpc) is 2.86. The normalized spacial score (nSPS) is 46.9. The molecule has 2 fully saturated rings. The first-order valence-electron chi connectivity index (χ1n) is 5.72. The Kier molecular flexibility index (Phi) is 2.82. The SMILES string of the molecule is CCC1CC1NCC1(C)COCC1N. The van der Waals surface area contributed by atoms with Crippen molar-refractivity contribution in [3.8, 4) is 0 Å². The number of ether oxygens (including phenoxy) is 1. The molecule has 0 amide bonds. The molecule has 4 unspecified atom stereocenters. The minimum Gasteiger partial charge on any atom is -0.379 e. The molecule has 3 N–H and O–H groups in total. The van der Waals surface area contributed by atoms with Gasteiger partial charge in [-0.2, -0.15) is 0 Å². The molecule has 1 saturated carbocycles. The average molecular weight is 198 g/mol. The van der Waals surface area contributed by atoms with Crippen molar-refractivity contribution >= 4 is 0 Å². The molecule has 3 heteroatoms. The minimum atomic E-state index is 0.154. The van der Waals surface area contributed by atoms with E-state index in [1.165, 1.54) is 12.8 Å². The second kappa shape index (κ2) is 3.80. The van der Waals surface area contributed by atoms with Gasteiger partial charge in [0.2, 0.25) is 0 Å². The summed E-state index contributed by atoms with van der Waals surface area (Å²) < 4.78 is 5.41. The van der Waals surface area contributed by atoms with Crippen LogP contribution in [0.4, 0.5) is 0 Å². The molecule has 0 aromatic heterocycles. The van der Waals surface area contributed by atoms with Gasteiger partial charge in [-0.05, 0) is 12.3 Å². The molecule has 0 aromatic rings. The predicted octanol–water partition coefficient (Wildman–Crippen LogP) is 0.738. The summed E-state index contributed by atoms with van der Waals surface area (Å²) in [6, 6.07) is 0.957. The molecular weight excluding hydrogens is 176 g/mol. The molecule has 0 radical (unpaired) electrons. The lowest BCUT2D eigenvalue weighted by Crippen LogP contribution is -2.46. The van der Waals surface area contributed by atoms with E-state index in [9.17, 15) is 0 Å². The number of nitrogens with two attached hydrogens (primary N) is 1. The first kappa shape index (κ1) is 10.4. The van der Waals surface area contributed by atoms with Crippen molar-refractivity contribution in [3.05, 3.63) is 0 Å². The molecule has 1 heterocycles. The summed E-state index contributed by atoms with van der Waals surface area (Å²) in [5.41, 5.74) is 6.18. The quantitative estimate of drug-likeness (QED) is 0.700. The Bertz CT molecular complexity index is 209. The Morgan fingerprint density at radius 3 is 2.86 bits per heavy atom. The van der Waals surface area contributed by atoms with Gasteiger partial charge in [-0.25, -0.2) is 0 Å². The lowest BCUT2D eigenvalue weighted by atomic mass is 9.86. The van der Waals surface area contributed by atoms with Crippen LogP contribution in [0.5, 0.6) is 0 Å². The van der Waals surface area contributed by atoms with Crippen molar-refractivity contribution in [1.82, 2.24) is 5.32 Å². The van der Waals surface area contributed by atoms with E-state index in [0.29, 0.717) is 0 Å². The number of hydrogen-bond acceptors (Lipinski definition) is 3. The zero-order chi connectivity index (χ0) is 10.2. The first-order chi connectivity index (χ1) is 6.65. The third-order valence-electron chi connectivity index (χ3n) is 3.84. The summed E-state index contributed by atoms with van der Waals surface area (Å²) in [7, 11) is 0. The van der Waals surface area contributed by atoms with Crippen LogP contribution in [0.25, 0.3) is 0 Å². The van der Waals surface area contributed by atoms with Crippen molar-refractivity contribution < 1.29 is 4.74 Å². The fourth-order valence-corrected chi connectivity index (χ4v) is 2.22. The van der Waals surface area contributed by atoms with Gasteiger partial charge >= 0.3 is 0 Å². The molecule has 0 bridgehead atoms. The monoisotopic (exact) mass is 198 g/mol. The van der Waals surface area contributed by atoms with E-state index >= 15 is 0 Å². The summed E-state index contributed by atoms with van der Waals surface area (Å²) in [5, 5.41) is 3.61. The molecule has 0 aromatic carbocycles. The van der Waals surface area contributed by atoms with Crippen LogP contribution < -0.4 is 11.1 Å². The third-order valence-corrected chi connectivity index (χ3v) is 3.84. The molecule has 1 aliphatic heterocycles. The molecule has 4 atom stereocenters. The molecule has 3 nitrogen and oxygen atoms in total. The number of nitrogens with one attached hydrogen (secondary N) is 1. The van der Waals surface area contributed by atoms with Crippen LogP contribution in [-0.4, -0.2) is 31.8 Å². The van der Waals surface area contributed by atoms with Gasteiger partial charge < -0.3 is 15.8 Å². The first-order valence-corrected chi connectivity index (χ1v) is 5.72. The van der Waals surface area contributed by atoms with E-state index in [0.717, 1.165) is 31.7 Å². The van der Waals surface area contributed by atoms with Crippen molar-refractivity contribution in [2.24, 2.45) is 17.1 Å². The minimum absolute atomic E-state index is 0.154. The highest BCUT2D eigenvalue weighted by Gasteiger charge is 2.41. The van der Waals surface area contributed by atoms with Crippen molar-refractivity contribution in [3.63, 3.8) is 0 Å². The smallest absolute Gasteiger partial charge is 0.0624 e. The summed E-state index contributed by atoms with van der Waals surface area (Å²) in [6.45, 7) is 7.03. The van der Waals surface area contributed by atoms with E-state index < -0.39 is 0 Å². The zero-order valence-electron chi connectivity index (χ0n) is 9.25. The van der Waals surface area contributed by atoms with Crippen molar-refractivity contribution in [2.75, 3.05) is 19.8 Å². The molecule has 82 valence electrons. The molecular formula is C11H22N2O. The number of hydrogen-bond donors (Lipinski definition) is 2. The Hall–Kier alpha value is -0.120. The van der Waals surface area contributed by atoms with Gasteiger partial charge in [-0.15, -0.1) is 0 Å². The highest BCUT2D eigenvalue weighted by Crippen LogP contribution is 2.34. The fraction of sp³-hybridized carbons (Fsp3) is 1.00. The van der Waals surface area contributed by atoms with Crippen LogP contribution >= 0.6 is 0 Å². The van der Waals surface area contributed by atoms with Crippen LogP contribution in [0.3, 0.4) is 0 Å². The second-order valence-electron chi connectivity index (χ2n) is 5.17. The van der Waals surface area contributed by atoms with Gasteiger partial charge in [0.05, 0.1) is 13.2 Å². The summed E-state index contributed by atoms with van der Waals surface area (Å²) in [4.78, 5) is 0. The lowest BCUT2D eigenvalue weighted by Gasteiger charge is -2.27. The lowest BCUT2D eigenvalue weighted by molar-refractivity contribution is 0.158. The summed E-state index contributed by atoms with van der Waals surface area (Å²) in [5.74, 6) is 0.914. The third kappa shape index (κ3) is 1.95. The maximum absolute atomic E-state index is 6.02. The topological polar surface area (TPSA) is 47.3 Å². The highest BCUT2D eigenvalue weighted by atomic mass is 16.5. The maximum atomic E-state index is 6.02.